The maximum Gasteiger partial charge on any atom is 0.418 e. The van der Waals surface area contributed by atoms with E-state index in [9.17, 15) is 28.5 Å². The van der Waals surface area contributed by atoms with E-state index in [2.05, 4.69) is 0 Å². The zero-order valence-electron chi connectivity index (χ0n) is 14.7. The van der Waals surface area contributed by atoms with E-state index in [1.54, 1.807) is 24.3 Å². The highest BCUT2D eigenvalue weighted by molar-refractivity contribution is 7.07. The molecule has 150 valence electrons. The summed E-state index contributed by atoms with van der Waals surface area (Å²) in [7, 11) is 0. The predicted molar refractivity (Wildman–Crippen MR) is 109 cm³/mol. The number of nitriles is 2. The molecule has 0 atom stereocenters. The molecule has 0 amide bonds. The van der Waals surface area contributed by atoms with Gasteiger partial charge in [0.15, 0.2) is 5.57 Å². The van der Waals surface area contributed by atoms with Crippen LogP contribution >= 0.6 is 34.5 Å². The summed E-state index contributed by atoms with van der Waals surface area (Å²) in [5.74, 6) is 0. The van der Waals surface area contributed by atoms with Crippen molar-refractivity contribution in [3.8, 4) is 17.8 Å². The van der Waals surface area contributed by atoms with Crippen LogP contribution < -0.4 is 14.8 Å². The van der Waals surface area contributed by atoms with Crippen molar-refractivity contribution in [1.29, 1.82) is 10.5 Å². The van der Waals surface area contributed by atoms with Crippen molar-refractivity contribution in [2.24, 2.45) is 0 Å². The first-order chi connectivity index (χ1) is 14.2. The summed E-state index contributed by atoms with van der Waals surface area (Å²) in [4.78, 5) is 13.1. The van der Waals surface area contributed by atoms with Gasteiger partial charge in [-0.05, 0) is 29.8 Å². The molecule has 0 saturated carbocycles. The van der Waals surface area contributed by atoms with E-state index in [1.807, 2.05) is 0 Å². The van der Waals surface area contributed by atoms with Crippen LogP contribution in [0.1, 0.15) is 11.1 Å². The zero-order chi connectivity index (χ0) is 22.1. The summed E-state index contributed by atoms with van der Waals surface area (Å²) >= 11 is 12.8. The average molecular weight is 466 g/mol. The van der Waals surface area contributed by atoms with Gasteiger partial charge in [-0.3, -0.25) is 9.36 Å². The molecule has 0 radical (unpaired) electrons. The van der Waals surface area contributed by atoms with E-state index in [1.165, 1.54) is 24.3 Å². The zero-order valence-corrected chi connectivity index (χ0v) is 17.0. The van der Waals surface area contributed by atoms with E-state index < -0.39 is 28.6 Å². The van der Waals surface area contributed by atoms with Crippen molar-refractivity contribution in [3.05, 3.63) is 83.2 Å². The van der Waals surface area contributed by atoms with Crippen LogP contribution in [0.5, 0.6) is 0 Å². The van der Waals surface area contributed by atoms with Crippen molar-refractivity contribution < 1.29 is 13.2 Å². The van der Waals surface area contributed by atoms with E-state index in [-0.39, 0.29) is 19.2 Å². The van der Waals surface area contributed by atoms with Crippen molar-refractivity contribution in [1.82, 2.24) is 4.57 Å². The first-order valence-electron chi connectivity index (χ1n) is 8.07. The van der Waals surface area contributed by atoms with Gasteiger partial charge in [0.2, 0.25) is 0 Å². The summed E-state index contributed by atoms with van der Waals surface area (Å²) in [6.07, 6.45) is -3.40. The highest BCUT2D eigenvalue weighted by atomic mass is 35.5. The van der Waals surface area contributed by atoms with E-state index in [4.69, 9.17) is 23.2 Å². The number of benzene rings is 2. The van der Waals surface area contributed by atoms with Crippen LogP contribution in [0.2, 0.25) is 10.0 Å². The Morgan fingerprint density at radius 3 is 2.37 bits per heavy atom. The molecule has 0 N–H and O–H groups in total. The van der Waals surface area contributed by atoms with Crippen LogP contribution in [0.25, 0.3) is 17.3 Å². The fourth-order valence-electron chi connectivity index (χ4n) is 2.67. The molecular formula is C20H8Cl2F3N3OS. The average Bonchev–Trinajstić information content (AvgIpc) is 3.02. The molecule has 0 aliphatic rings. The molecule has 0 spiro atoms. The van der Waals surface area contributed by atoms with E-state index in [0.29, 0.717) is 16.9 Å². The molecule has 0 fully saturated rings. The molecule has 0 unspecified atom stereocenters. The van der Waals surface area contributed by atoms with Crippen molar-refractivity contribution in [3.63, 3.8) is 0 Å². The molecular weight excluding hydrogens is 458 g/mol. The Labute approximate surface area is 181 Å². The van der Waals surface area contributed by atoms with Gasteiger partial charge in [-0.1, -0.05) is 47.5 Å². The molecule has 30 heavy (non-hydrogen) atoms. The lowest BCUT2D eigenvalue weighted by Gasteiger charge is -2.12. The minimum absolute atomic E-state index is 0.0193. The fourth-order valence-corrected chi connectivity index (χ4v) is 4.07. The summed E-state index contributed by atoms with van der Waals surface area (Å²) in [6, 6.07) is 12.4. The minimum atomic E-state index is -4.76. The van der Waals surface area contributed by atoms with E-state index in [0.717, 1.165) is 16.7 Å². The van der Waals surface area contributed by atoms with Gasteiger partial charge in [-0.15, -0.1) is 11.3 Å². The number of alkyl halides is 3. The van der Waals surface area contributed by atoms with Crippen LogP contribution in [0, 0.1) is 22.7 Å². The van der Waals surface area contributed by atoms with Gasteiger partial charge in [0.25, 0.3) is 5.56 Å². The normalized spacial score (nSPS) is 11.8. The minimum Gasteiger partial charge on any atom is -0.267 e. The SMILES string of the molecule is N#CC(C#N)=c1sc(=Cc2cccc(Cl)c2Cl)c(=O)n1-c1ccccc1C(F)(F)F. The smallest absolute Gasteiger partial charge is 0.267 e. The Hall–Kier alpha value is -3.04. The number of para-hydroxylation sites is 1. The van der Waals surface area contributed by atoms with Crippen molar-refractivity contribution in [2.75, 3.05) is 0 Å². The molecule has 2 aromatic carbocycles. The van der Waals surface area contributed by atoms with Gasteiger partial charge in [0, 0.05) is 0 Å². The number of thiazole rings is 1. The first-order valence-corrected chi connectivity index (χ1v) is 9.65. The molecule has 3 rings (SSSR count). The van der Waals surface area contributed by atoms with Crippen LogP contribution in [-0.2, 0) is 6.18 Å². The number of aromatic nitrogens is 1. The van der Waals surface area contributed by atoms with Crippen LogP contribution in [0.4, 0.5) is 13.2 Å². The van der Waals surface area contributed by atoms with Gasteiger partial charge < -0.3 is 0 Å². The molecule has 3 aromatic rings. The quantitative estimate of drug-likeness (QED) is 0.567. The largest absolute Gasteiger partial charge is 0.418 e. The predicted octanol–water partition coefficient (Wildman–Crippen LogP) is 4.25. The molecule has 0 aliphatic carbocycles. The summed E-state index contributed by atoms with van der Waals surface area (Å²) in [5, 5.41) is 18.9. The topological polar surface area (TPSA) is 69.6 Å². The standard InChI is InChI=1S/C20H8Cl2F3N3OS/c21-14-6-3-4-11(17(14)22)8-16-18(29)28(19(30-16)12(9-26)10-27)15-7-2-1-5-13(15)20(23,24)25/h1-8H. The van der Waals surface area contributed by atoms with Crippen molar-refractivity contribution >= 4 is 46.2 Å². The second kappa shape index (κ2) is 8.37. The maximum absolute atomic E-state index is 13.5. The van der Waals surface area contributed by atoms with E-state index >= 15 is 0 Å². The van der Waals surface area contributed by atoms with Crippen LogP contribution in [0.3, 0.4) is 0 Å². The van der Waals surface area contributed by atoms with Crippen LogP contribution in [-0.4, -0.2) is 4.57 Å². The Morgan fingerprint density at radius 2 is 1.73 bits per heavy atom. The third kappa shape index (κ3) is 3.99. The Morgan fingerprint density at radius 1 is 1.07 bits per heavy atom. The van der Waals surface area contributed by atoms with Crippen LogP contribution in [0.15, 0.2) is 47.3 Å². The number of hydrogen-bond donors (Lipinski definition) is 0. The highest BCUT2D eigenvalue weighted by Gasteiger charge is 2.34. The molecule has 1 heterocycles. The van der Waals surface area contributed by atoms with Gasteiger partial charge in [-0.25, -0.2) is 0 Å². The molecule has 4 nitrogen and oxygen atoms in total. The summed E-state index contributed by atoms with van der Waals surface area (Å²) in [6.45, 7) is 0. The summed E-state index contributed by atoms with van der Waals surface area (Å²) < 4.78 is 41.1. The van der Waals surface area contributed by atoms with Gasteiger partial charge >= 0.3 is 6.18 Å². The highest BCUT2D eigenvalue weighted by Crippen LogP contribution is 2.33. The third-order valence-electron chi connectivity index (χ3n) is 3.98. The van der Waals surface area contributed by atoms with Gasteiger partial charge in [0.05, 0.1) is 25.8 Å². The maximum atomic E-state index is 13.5. The van der Waals surface area contributed by atoms with Gasteiger partial charge in [-0.2, -0.15) is 23.7 Å². The number of nitrogens with zero attached hydrogens (tertiary/aromatic N) is 3. The molecule has 0 bridgehead atoms. The lowest BCUT2D eigenvalue weighted by Crippen LogP contribution is -2.32. The third-order valence-corrected chi connectivity index (χ3v) is 5.91. The molecule has 1 aromatic heterocycles. The molecule has 0 saturated heterocycles. The Bertz CT molecular complexity index is 1390. The number of halogens is 5. The lowest BCUT2D eigenvalue weighted by molar-refractivity contribution is -0.137. The second-order valence-corrected chi connectivity index (χ2v) is 7.63. The fraction of sp³-hybridized carbons (Fsp3) is 0.0500. The molecule has 0 aliphatic heterocycles. The number of hydrogen-bond acceptors (Lipinski definition) is 4. The Balaban J connectivity index is 2.49. The van der Waals surface area contributed by atoms with Crippen molar-refractivity contribution in [2.45, 2.75) is 6.18 Å². The monoisotopic (exact) mass is 465 g/mol. The summed E-state index contributed by atoms with van der Waals surface area (Å²) in [5.41, 5.74) is -2.52. The lowest BCUT2D eigenvalue weighted by atomic mass is 10.1. The first kappa shape index (κ1) is 21.7. The Kier molecular flexibility index (Phi) is 6.04. The van der Waals surface area contributed by atoms with Gasteiger partial charge in [0.1, 0.15) is 16.8 Å². The molecule has 10 heteroatoms. The number of rotatable bonds is 2. The second-order valence-electron chi connectivity index (χ2n) is 5.81.